The molecular formula is C23H25NO5. The molecule has 6 heteroatoms. The number of benzene rings is 2. The highest BCUT2D eigenvalue weighted by Crippen LogP contribution is 2.39. The molecule has 1 aliphatic heterocycles. The Hall–Kier alpha value is -3.12. The maximum Gasteiger partial charge on any atom is 0.295 e. The Morgan fingerprint density at radius 3 is 2.52 bits per heavy atom. The van der Waals surface area contributed by atoms with Crippen molar-refractivity contribution in [3.8, 4) is 5.75 Å². The summed E-state index contributed by atoms with van der Waals surface area (Å²) in [6.07, 6.45) is 0.856. The van der Waals surface area contributed by atoms with Gasteiger partial charge in [0.05, 0.1) is 24.8 Å². The van der Waals surface area contributed by atoms with Crippen molar-refractivity contribution in [2.75, 3.05) is 26.9 Å². The molecule has 29 heavy (non-hydrogen) atoms. The molecule has 2 aromatic rings. The average Bonchev–Trinajstić information content (AvgIpc) is 3.01. The number of rotatable bonds is 8. The summed E-state index contributed by atoms with van der Waals surface area (Å²) in [7, 11) is 1.54. The van der Waals surface area contributed by atoms with Crippen LogP contribution in [0.4, 0.5) is 0 Å². The second-order valence-corrected chi connectivity index (χ2v) is 6.77. The van der Waals surface area contributed by atoms with Gasteiger partial charge in [-0.05, 0) is 24.1 Å². The third-order valence-corrected chi connectivity index (χ3v) is 4.77. The predicted octanol–water partition coefficient (Wildman–Crippen LogP) is 3.54. The van der Waals surface area contributed by atoms with Gasteiger partial charge in [0.1, 0.15) is 11.5 Å². The van der Waals surface area contributed by atoms with Crippen LogP contribution in [0.2, 0.25) is 0 Å². The molecule has 1 saturated heterocycles. The molecule has 1 N–H and O–H groups in total. The van der Waals surface area contributed by atoms with Gasteiger partial charge in [0, 0.05) is 19.2 Å². The zero-order valence-corrected chi connectivity index (χ0v) is 16.6. The highest BCUT2D eigenvalue weighted by molar-refractivity contribution is 6.46. The number of nitrogens with zero attached hydrogens (tertiary/aromatic N) is 1. The fourth-order valence-corrected chi connectivity index (χ4v) is 3.39. The van der Waals surface area contributed by atoms with Crippen LogP contribution in [0, 0.1) is 0 Å². The summed E-state index contributed by atoms with van der Waals surface area (Å²) >= 11 is 0. The van der Waals surface area contributed by atoms with Crippen LogP contribution in [-0.2, 0) is 14.3 Å². The smallest absolute Gasteiger partial charge is 0.295 e. The van der Waals surface area contributed by atoms with E-state index in [1.807, 2.05) is 37.3 Å². The first-order valence-corrected chi connectivity index (χ1v) is 9.64. The Labute approximate surface area is 170 Å². The van der Waals surface area contributed by atoms with E-state index in [1.165, 1.54) is 12.0 Å². The van der Waals surface area contributed by atoms with Crippen LogP contribution < -0.4 is 4.74 Å². The summed E-state index contributed by atoms with van der Waals surface area (Å²) in [6, 6.07) is 15.4. The lowest BCUT2D eigenvalue weighted by Gasteiger charge is -2.25. The number of amides is 1. The van der Waals surface area contributed by atoms with Crippen molar-refractivity contribution < 1.29 is 24.2 Å². The predicted molar refractivity (Wildman–Crippen MR) is 110 cm³/mol. The Morgan fingerprint density at radius 1 is 1.07 bits per heavy atom. The van der Waals surface area contributed by atoms with Crippen molar-refractivity contribution in [3.63, 3.8) is 0 Å². The number of carbonyl (C=O) groups is 2. The maximum absolute atomic E-state index is 12.9. The lowest BCUT2D eigenvalue weighted by molar-refractivity contribution is -0.140. The molecule has 1 fully saturated rings. The Bertz CT molecular complexity index is 906. The number of carbonyl (C=O) groups excluding carboxylic acids is 2. The molecule has 0 bridgehead atoms. The van der Waals surface area contributed by atoms with E-state index in [-0.39, 0.29) is 24.5 Å². The number of ketones is 1. The maximum atomic E-state index is 12.9. The van der Waals surface area contributed by atoms with Gasteiger partial charge < -0.3 is 19.5 Å². The van der Waals surface area contributed by atoms with Gasteiger partial charge in [0.2, 0.25) is 0 Å². The van der Waals surface area contributed by atoms with Crippen LogP contribution in [0.15, 0.2) is 60.2 Å². The van der Waals surface area contributed by atoms with Crippen LogP contribution in [0.1, 0.15) is 30.5 Å². The summed E-state index contributed by atoms with van der Waals surface area (Å²) in [5.74, 6) is -0.956. The minimum Gasteiger partial charge on any atom is -0.507 e. The molecule has 1 aliphatic rings. The fraction of sp³-hybridized carbons (Fsp3) is 0.304. The number of methoxy groups -OCH3 is 1. The minimum absolute atomic E-state index is 0.0740. The third-order valence-electron chi connectivity index (χ3n) is 4.77. The van der Waals surface area contributed by atoms with Gasteiger partial charge in [-0.1, -0.05) is 49.4 Å². The molecule has 0 aliphatic carbocycles. The van der Waals surface area contributed by atoms with Gasteiger partial charge in [-0.15, -0.1) is 0 Å². The first-order valence-electron chi connectivity index (χ1n) is 9.64. The molecule has 0 saturated carbocycles. The summed E-state index contributed by atoms with van der Waals surface area (Å²) in [5.41, 5.74) is 1.26. The Balaban J connectivity index is 2.08. The number of aliphatic hydroxyl groups is 1. The van der Waals surface area contributed by atoms with E-state index in [4.69, 9.17) is 9.47 Å². The molecule has 0 radical (unpaired) electrons. The Kier molecular flexibility index (Phi) is 6.67. The molecule has 2 aromatic carbocycles. The van der Waals surface area contributed by atoms with E-state index in [9.17, 15) is 14.7 Å². The molecule has 1 heterocycles. The number of Topliss-reactive ketones (excluding diaryl/α,β-unsaturated/α-hetero) is 1. The standard InChI is InChI=1S/C23H25NO5/c1-3-13-29-18-11-7-10-17(15-18)21(25)19-20(16-8-5-4-6-9-16)24(12-14-28-2)23(27)22(19)26/h4-11,15,20,25H,3,12-14H2,1-2H3/b21-19+. The molecular weight excluding hydrogens is 370 g/mol. The van der Waals surface area contributed by atoms with Gasteiger partial charge in [0.25, 0.3) is 11.7 Å². The lowest BCUT2D eigenvalue weighted by atomic mass is 9.95. The number of hydrogen-bond donors (Lipinski definition) is 1. The van der Waals surface area contributed by atoms with Crippen molar-refractivity contribution in [3.05, 3.63) is 71.3 Å². The van der Waals surface area contributed by atoms with E-state index in [0.717, 1.165) is 12.0 Å². The van der Waals surface area contributed by atoms with E-state index < -0.39 is 17.7 Å². The van der Waals surface area contributed by atoms with Crippen LogP contribution in [0.25, 0.3) is 5.76 Å². The summed E-state index contributed by atoms with van der Waals surface area (Å²) in [4.78, 5) is 27.0. The summed E-state index contributed by atoms with van der Waals surface area (Å²) in [5, 5.41) is 11.0. The largest absolute Gasteiger partial charge is 0.507 e. The van der Waals surface area contributed by atoms with Gasteiger partial charge in [0.15, 0.2) is 0 Å². The van der Waals surface area contributed by atoms with E-state index in [2.05, 4.69) is 0 Å². The SMILES string of the molecule is CCCOc1cccc(/C(O)=C2\C(=O)C(=O)N(CCOC)C2c2ccccc2)c1. The van der Waals surface area contributed by atoms with Crippen LogP contribution in [0.3, 0.4) is 0 Å². The Morgan fingerprint density at radius 2 is 1.83 bits per heavy atom. The van der Waals surface area contributed by atoms with Crippen molar-refractivity contribution >= 4 is 17.4 Å². The third kappa shape index (κ3) is 4.32. The fourth-order valence-electron chi connectivity index (χ4n) is 3.39. The normalized spacial score (nSPS) is 18.3. The second kappa shape index (κ2) is 9.39. The molecule has 3 rings (SSSR count). The second-order valence-electron chi connectivity index (χ2n) is 6.77. The minimum atomic E-state index is -0.702. The van der Waals surface area contributed by atoms with Crippen LogP contribution >= 0.6 is 0 Å². The van der Waals surface area contributed by atoms with Gasteiger partial charge >= 0.3 is 0 Å². The number of likely N-dealkylation sites (tertiary alicyclic amines) is 1. The average molecular weight is 395 g/mol. The van der Waals surface area contributed by atoms with Gasteiger partial charge in [-0.2, -0.15) is 0 Å². The molecule has 6 nitrogen and oxygen atoms in total. The molecule has 0 aromatic heterocycles. The number of aliphatic hydroxyl groups excluding tert-OH is 1. The highest BCUT2D eigenvalue weighted by Gasteiger charge is 2.45. The molecule has 1 amide bonds. The van der Waals surface area contributed by atoms with Crippen molar-refractivity contribution in [1.82, 2.24) is 4.90 Å². The zero-order valence-electron chi connectivity index (χ0n) is 16.6. The van der Waals surface area contributed by atoms with Crippen LogP contribution in [0.5, 0.6) is 5.75 Å². The van der Waals surface area contributed by atoms with Crippen molar-refractivity contribution in [2.24, 2.45) is 0 Å². The number of ether oxygens (including phenoxy) is 2. The van der Waals surface area contributed by atoms with Crippen LogP contribution in [-0.4, -0.2) is 48.6 Å². The van der Waals surface area contributed by atoms with Crippen molar-refractivity contribution in [1.29, 1.82) is 0 Å². The molecule has 0 spiro atoms. The van der Waals surface area contributed by atoms with Crippen molar-refractivity contribution in [2.45, 2.75) is 19.4 Å². The molecule has 1 atom stereocenters. The first-order chi connectivity index (χ1) is 14.1. The lowest BCUT2D eigenvalue weighted by Crippen LogP contribution is -2.32. The first kappa shape index (κ1) is 20.6. The summed E-state index contributed by atoms with van der Waals surface area (Å²) < 4.78 is 10.7. The van der Waals surface area contributed by atoms with Gasteiger partial charge in [-0.3, -0.25) is 9.59 Å². The zero-order chi connectivity index (χ0) is 20.8. The summed E-state index contributed by atoms with van der Waals surface area (Å²) in [6.45, 7) is 3.09. The van der Waals surface area contributed by atoms with E-state index >= 15 is 0 Å². The van der Waals surface area contributed by atoms with Gasteiger partial charge in [-0.25, -0.2) is 0 Å². The van der Waals surface area contributed by atoms with E-state index in [0.29, 0.717) is 17.9 Å². The topological polar surface area (TPSA) is 76.1 Å². The number of hydrogen-bond acceptors (Lipinski definition) is 5. The monoisotopic (exact) mass is 395 g/mol. The van der Waals surface area contributed by atoms with E-state index in [1.54, 1.807) is 24.3 Å². The highest BCUT2D eigenvalue weighted by atomic mass is 16.5. The quantitative estimate of drug-likeness (QED) is 0.420. The molecule has 152 valence electrons. The molecule has 1 unspecified atom stereocenters.